The van der Waals surface area contributed by atoms with Crippen molar-refractivity contribution in [3.05, 3.63) is 29.6 Å². The first kappa shape index (κ1) is 16.0. The maximum absolute atomic E-state index is 13.3. The molecule has 2 heterocycles. The quantitative estimate of drug-likeness (QED) is 0.741. The lowest BCUT2D eigenvalue weighted by Gasteiger charge is -2.12. The lowest BCUT2D eigenvalue weighted by Crippen LogP contribution is -2.12. The SMILES string of the molecule is CC(C)Sc1nc2c(CN)cccc2n2c(C(F)(F)F)nnc12. The number of nitrogens with zero attached hydrogens (tertiary/aromatic N) is 4. The van der Waals surface area contributed by atoms with Gasteiger partial charge < -0.3 is 5.73 Å². The van der Waals surface area contributed by atoms with E-state index in [1.54, 1.807) is 18.2 Å². The van der Waals surface area contributed by atoms with E-state index in [4.69, 9.17) is 5.73 Å². The molecule has 0 unspecified atom stereocenters. The van der Waals surface area contributed by atoms with E-state index < -0.39 is 12.0 Å². The van der Waals surface area contributed by atoms with Crippen LogP contribution in [0.15, 0.2) is 23.2 Å². The molecule has 0 atom stereocenters. The molecule has 5 nitrogen and oxygen atoms in total. The van der Waals surface area contributed by atoms with Crippen molar-refractivity contribution in [3.8, 4) is 0 Å². The number of fused-ring (bicyclic) bond motifs is 3. The van der Waals surface area contributed by atoms with E-state index in [9.17, 15) is 13.2 Å². The normalized spacial score (nSPS) is 12.7. The van der Waals surface area contributed by atoms with Crippen LogP contribution >= 0.6 is 11.8 Å². The van der Waals surface area contributed by atoms with Gasteiger partial charge in [-0.3, -0.25) is 4.40 Å². The number of para-hydroxylation sites is 1. The topological polar surface area (TPSA) is 69.1 Å². The van der Waals surface area contributed by atoms with Crippen LogP contribution in [0.1, 0.15) is 25.2 Å². The lowest BCUT2D eigenvalue weighted by molar-refractivity contribution is -0.145. The molecular weight excluding hydrogens is 327 g/mol. The van der Waals surface area contributed by atoms with E-state index in [2.05, 4.69) is 15.2 Å². The van der Waals surface area contributed by atoms with E-state index in [-0.39, 0.29) is 17.4 Å². The Hall–Kier alpha value is -1.87. The minimum absolute atomic E-state index is 0.109. The zero-order valence-corrected chi connectivity index (χ0v) is 13.2. The van der Waals surface area contributed by atoms with Gasteiger partial charge in [0.05, 0.1) is 11.0 Å². The fourth-order valence-electron chi connectivity index (χ4n) is 2.34. The Morgan fingerprint density at radius 1 is 1.26 bits per heavy atom. The molecule has 0 aliphatic rings. The molecule has 0 aliphatic heterocycles. The monoisotopic (exact) mass is 341 g/mol. The first-order valence-corrected chi connectivity index (χ1v) is 7.81. The van der Waals surface area contributed by atoms with Crippen LogP contribution < -0.4 is 5.73 Å². The van der Waals surface area contributed by atoms with Crippen LogP contribution in [0.3, 0.4) is 0 Å². The van der Waals surface area contributed by atoms with Crippen LogP contribution in [0.25, 0.3) is 16.7 Å². The highest BCUT2D eigenvalue weighted by molar-refractivity contribution is 8.00. The van der Waals surface area contributed by atoms with Crippen molar-refractivity contribution in [2.75, 3.05) is 0 Å². The largest absolute Gasteiger partial charge is 0.452 e. The van der Waals surface area contributed by atoms with Crippen LogP contribution in [0.5, 0.6) is 0 Å². The molecule has 0 aliphatic carbocycles. The Bertz CT molecular complexity index is 872. The minimum Gasteiger partial charge on any atom is -0.326 e. The Morgan fingerprint density at radius 2 is 2.00 bits per heavy atom. The molecule has 0 bridgehead atoms. The summed E-state index contributed by atoms with van der Waals surface area (Å²) in [5.74, 6) is -1.06. The zero-order chi connectivity index (χ0) is 16.8. The smallest absolute Gasteiger partial charge is 0.326 e. The molecule has 1 aromatic carbocycles. The third kappa shape index (κ3) is 2.74. The van der Waals surface area contributed by atoms with Gasteiger partial charge in [-0.2, -0.15) is 13.2 Å². The fraction of sp³-hybridized carbons (Fsp3) is 0.357. The second kappa shape index (κ2) is 5.64. The van der Waals surface area contributed by atoms with Crippen LogP contribution in [-0.4, -0.2) is 24.8 Å². The summed E-state index contributed by atoms with van der Waals surface area (Å²) in [6.45, 7) is 4.05. The zero-order valence-electron chi connectivity index (χ0n) is 12.4. The van der Waals surface area contributed by atoms with Crippen LogP contribution in [-0.2, 0) is 12.7 Å². The highest BCUT2D eigenvalue weighted by Gasteiger charge is 2.38. The van der Waals surface area contributed by atoms with Gasteiger partial charge in [-0.25, -0.2) is 4.98 Å². The Kier molecular flexibility index (Phi) is 3.93. The average Bonchev–Trinajstić information content (AvgIpc) is 2.91. The number of aromatic nitrogens is 4. The van der Waals surface area contributed by atoms with Gasteiger partial charge in [0.2, 0.25) is 5.82 Å². The van der Waals surface area contributed by atoms with Crippen molar-refractivity contribution in [2.24, 2.45) is 5.73 Å². The molecule has 2 aromatic heterocycles. The molecule has 2 N–H and O–H groups in total. The highest BCUT2D eigenvalue weighted by atomic mass is 32.2. The van der Waals surface area contributed by atoms with E-state index in [1.807, 2.05) is 13.8 Å². The summed E-state index contributed by atoms with van der Waals surface area (Å²) in [5, 5.41) is 7.62. The molecule has 0 radical (unpaired) electrons. The molecule has 0 saturated heterocycles. The molecule has 0 saturated carbocycles. The summed E-state index contributed by atoms with van der Waals surface area (Å²) in [6.07, 6.45) is -4.60. The van der Waals surface area contributed by atoms with Crippen LogP contribution in [0, 0.1) is 0 Å². The van der Waals surface area contributed by atoms with E-state index in [0.29, 0.717) is 21.6 Å². The van der Waals surface area contributed by atoms with Crippen LogP contribution in [0.2, 0.25) is 0 Å². The Morgan fingerprint density at radius 3 is 2.61 bits per heavy atom. The minimum atomic E-state index is -4.60. The molecule has 0 spiro atoms. The Balaban J connectivity index is 2.46. The van der Waals surface area contributed by atoms with Crippen molar-refractivity contribution in [3.63, 3.8) is 0 Å². The highest BCUT2D eigenvalue weighted by Crippen LogP contribution is 2.34. The van der Waals surface area contributed by atoms with Crippen molar-refractivity contribution in [2.45, 2.75) is 36.8 Å². The van der Waals surface area contributed by atoms with Crippen molar-refractivity contribution < 1.29 is 13.2 Å². The number of thioether (sulfide) groups is 1. The van der Waals surface area contributed by atoms with Crippen molar-refractivity contribution in [1.29, 1.82) is 0 Å². The van der Waals surface area contributed by atoms with E-state index in [0.717, 1.165) is 4.40 Å². The molecule has 122 valence electrons. The summed E-state index contributed by atoms with van der Waals surface area (Å²) >= 11 is 1.34. The molecular formula is C14H14F3N5S. The number of nitrogens with two attached hydrogens (primary N) is 1. The van der Waals surface area contributed by atoms with Gasteiger partial charge in [-0.05, 0) is 11.6 Å². The summed E-state index contributed by atoms with van der Waals surface area (Å²) in [4.78, 5) is 4.50. The van der Waals surface area contributed by atoms with Gasteiger partial charge in [0.1, 0.15) is 5.03 Å². The van der Waals surface area contributed by atoms with Crippen molar-refractivity contribution >= 4 is 28.4 Å². The summed E-state index contributed by atoms with van der Waals surface area (Å²) < 4.78 is 40.9. The molecule has 23 heavy (non-hydrogen) atoms. The summed E-state index contributed by atoms with van der Waals surface area (Å²) in [6, 6.07) is 4.97. The maximum Gasteiger partial charge on any atom is 0.452 e. The molecule has 3 aromatic rings. The number of benzene rings is 1. The number of alkyl halides is 3. The molecule has 3 rings (SSSR count). The third-order valence-corrected chi connectivity index (χ3v) is 4.20. The number of hydrogen-bond donors (Lipinski definition) is 1. The van der Waals surface area contributed by atoms with Gasteiger partial charge >= 0.3 is 6.18 Å². The molecule has 9 heteroatoms. The Labute approximate surface area is 134 Å². The predicted octanol–water partition coefficient (Wildman–Crippen LogP) is 3.26. The maximum atomic E-state index is 13.3. The molecule has 0 fully saturated rings. The van der Waals surface area contributed by atoms with E-state index in [1.165, 1.54) is 11.8 Å². The summed E-state index contributed by atoms with van der Waals surface area (Å²) in [5.41, 5.74) is 7.23. The number of rotatable bonds is 3. The summed E-state index contributed by atoms with van der Waals surface area (Å²) in [7, 11) is 0. The number of hydrogen-bond acceptors (Lipinski definition) is 5. The van der Waals surface area contributed by atoms with Crippen LogP contribution in [0.4, 0.5) is 13.2 Å². The first-order chi connectivity index (χ1) is 10.8. The second-order valence-corrected chi connectivity index (χ2v) is 6.82. The third-order valence-electron chi connectivity index (χ3n) is 3.23. The lowest BCUT2D eigenvalue weighted by atomic mass is 10.1. The van der Waals surface area contributed by atoms with Gasteiger partial charge in [0.15, 0.2) is 5.65 Å². The second-order valence-electron chi connectivity index (χ2n) is 5.25. The predicted molar refractivity (Wildman–Crippen MR) is 82.2 cm³/mol. The van der Waals surface area contributed by atoms with Gasteiger partial charge in [0.25, 0.3) is 0 Å². The number of halogens is 3. The van der Waals surface area contributed by atoms with Gasteiger partial charge in [0, 0.05) is 11.8 Å². The average molecular weight is 341 g/mol. The molecule has 0 amide bonds. The fourth-order valence-corrected chi connectivity index (χ4v) is 3.17. The first-order valence-electron chi connectivity index (χ1n) is 6.93. The van der Waals surface area contributed by atoms with Crippen molar-refractivity contribution in [1.82, 2.24) is 19.6 Å². The van der Waals surface area contributed by atoms with Gasteiger partial charge in [-0.15, -0.1) is 10.2 Å². The van der Waals surface area contributed by atoms with E-state index >= 15 is 0 Å². The standard InChI is InChI=1S/C14H14F3N5S/c1-7(2)23-12-11-20-21-13(14(15,16)17)22(11)9-5-3-4-8(6-18)10(9)19-12/h3-5,7H,6,18H2,1-2H3. The van der Waals surface area contributed by atoms with Gasteiger partial charge in [-0.1, -0.05) is 37.7 Å².